The second-order valence-electron chi connectivity index (χ2n) is 4.07. The van der Waals surface area contributed by atoms with Gasteiger partial charge in [0.1, 0.15) is 5.01 Å². The van der Waals surface area contributed by atoms with E-state index < -0.39 is 5.97 Å². The van der Waals surface area contributed by atoms with E-state index in [4.69, 9.17) is 5.11 Å². The molecule has 0 aliphatic rings. The number of nitrogens with zero attached hydrogens (tertiary/aromatic N) is 1. The van der Waals surface area contributed by atoms with E-state index in [0.717, 1.165) is 10.7 Å². The first kappa shape index (κ1) is 13.6. The Bertz CT molecular complexity index is 403. The summed E-state index contributed by atoms with van der Waals surface area (Å²) in [5, 5.41) is 14.1. The second-order valence-corrected chi connectivity index (χ2v) is 5.01. The van der Waals surface area contributed by atoms with Gasteiger partial charge in [0.05, 0.1) is 6.54 Å². The molecule has 0 saturated carbocycles. The van der Waals surface area contributed by atoms with Crippen LogP contribution in [0.25, 0.3) is 0 Å². The smallest absolute Gasteiger partial charge is 0.303 e. The molecule has 0 aromatic carbocycles. The van der Waals surface area contributed by atoms with Crippen LogP contribution >= 0.6 is 11.3 Å². The van der Waals surface area contributed by atoms with Gasteiger partial charge in [-0.2, -0.15) is 0 Å². The van der Waals surface area contributed by atoms with Crippen LogP contribution in [0.5, 0.6) is 0 Å². The Morgan fingerprint density at radius 1 is 1.53 bits per heavy atom. The quantitative estimate of drug-likeness (QED) is 0.809. The minimum atomic E-state index is -0.874. The molecular weight excluding hydrogens is 240 g/mol. The number of rotatable bonds is 6. The summed E-state index contributed by atoms with van der Waals surface area (Å²) in [5.74, 6) is -1.15. The van der Waals surface area contributed by atoms with E-state index in [1.165, 1.54) is 11.3 Å². The Hall–Kier alpha value is -1.43. The summed E-state index contributed by atoms with van der Waals surface area (Å²) in [6, 6.07) is 0. The molecule has 1 atom stereocenters. The fourth-order valence-electron chi connectivity index (χ4n) is 1.42. The van der Waals surface area contributed by atoms with Crippen molar-refractivity contribution in [1.29, 1.82) is 0 Å². The number of amides is 1. The average Bonchev–Trinajstić information content (AvgIpc) is 2.59. The van der Waals surface area contributed by atoms with E-state index in [-0.39, 0.29) is 24.7 Å². The van der Waals surface area contributed by atoms with E-state index in [1.807, 2.05) is 12.3 Å². The number of carbonyl (C=O) groups excluding carboxylic acids is 1. The Morgan fingerprint density at radius 2 is 2.24 bits per heavy atom. The molecule has 1 rings (SSSR count). The molecule has 0 bridgehead atoms. The molecule has 6 heteroatoms. The maximum Gasteiger partial charge on any atom is 0.303 e. The van der Waals surface area contributed by atoms with Crippen LogP contribution in [-0.2, 0) is 16.1 Å². The largest absolute Gasteiger partial charge is 0.481 e. The van der Waals surface area contributed by atoms with Crippen molar-refractivity contribution in [2.24, 2.45) is 5.92 Å². The summed E-state index contributed by atoms with van der Waals surface area (Å²) in [7, 11) is 0. The van der Waals surface area contributed by atoms with Gasteiger partial charge in [0.25, 0.3) is 0 Å². The number of aryl methyl sites for hydroxylation is 1. The van der Waals surface area contributed by atoms with Crippen molar-refractivity contribution in [2.75, 3.05) is 0 Å². The lowest BCUT2D eigenvalue weighted by molar-refractivity contribution is -0.138. The van der Waals surface area contributed by atoms with Crippen molar-refractivity contribution in [3.05, 3.63) is 16.1 Å². The van der Waals surface area contributed by atoms with Gasteiger partial charge in [-0.3, -0.25) is 9.59 Å². The van der Waals surface area contributed by atoms with Gasteiger partial charge in [0.2, 0.25) is 5.91 Å². The second kappa shape index (κ2) is 6.34. The molecule has 94 valence electrons. The molecule has 5 nitrogen and oxygen atoms in total. The van der Waals surface area contributed by atoms with Crippen LogP contribution in [0.3, 0.4) is 0 Å². The summed E-state index contributed by atoms with van der Waals surface area (Å²) < 4.78 is 0. The molecule has 17 heavy (non-hydrogen) atoms. The Kier molecular flexibility index (Phi) is 5.09. The third-order valence-electron chi connectivity index (χ3n) is 2.16. The van der Waals surface area contributed by atoms with Crippen LogP contribution in [0.15, 0.2) is 5.38 Å². The van der Waals surface area contributed by atoms with Crippen LogP contribution in [0.1, 0.15) is 30.5 Å². The van der Waals surface area contributed by atoms with Gasteiger partial charge in [0, 0.05) is 23.9 Å². The summed E-state index contributed by atoms with van der Waals surface area (Å²) in [6.45, 7) is 4.06. The first-order valence-electron chi connectivity index (χ1n) is 5.37. The van der Waals surface area contributed by atoms with Gasteiger partial charge in [-0.25, -0.2) is 4.98 Å². The zero-order chi connectivity index (χ0) is 12.8. The lowest BCUT2D eigenvalue weighted by atomic mass is 10.0. The molecule has 0 fully saturated rings. The topological polar surface area (TPSA) is 79.3 Å². The van der Waals surface area contributed by atoms with E-state index in [0.29, 0.717) is 6.54 Å². The third-order valence-corrected chi connectivity index (χ3v) is 3.13. The van der Waals surface area contributed by atoms with Gasteiger partial charge < -0.3 is 10.4 Å². The van der Waals surface area contributed by atoms with Crippen LogP contribution in [0.4, 0.5) is 0 Å². The average molecular weight is 256 g/mol. The number of aliphatic carboxylic acids is 1. The van der Waals surface area contributed by atoms with Gasteiger partial charge >= 0.3 is 5.97 Å². The molecule has 0 aliphatic heterocycles. The predicted molar refractivity (Wildman–Crippen MR) is 64.7 cm³/mol. The van der Waals surface area contributed by atoms with Gasteiger partial charge in [0.15, 0.2) is 0 Å². The van der Waals surface area contributed by atoms with Crippen LogP contribution in [-0.4, -0.2) is 22.0 Å². The number of aromatic nitrogens is 1. The number of carboxylic acid groups (broad SMARTS) is 1. The van der Waals surface area contributed by atoms with Crippen LogP contribution in [0.2, 0.25) is 0 Å². The van der Waals surface area contributed by atoms with Crippen LogP contribution in [0, 0.1) is 12.8 Å². The van der Waals surface area contributed by atoms with Crippen molar-refractivity contribution in [2.45, 2.75) is 33.2 Å². The van der Waals surface area contributed by atoms with Gasteiger partial charge in [-0.05, 0) is 12.8 Å². The minimum Gasteiger partial charge on any atom is -0.481 e. The minimum absolute atomic E-state index is 0.0176. The summed E-state index contributed by atoms with van der Waals surface area (Å²) >= 11 is 1.50. The van der Waals surface area contributed by atoms with E-state index in [9.17, 15) is 9.59 Å². The highest BCUT2D eigenvalue weighted by Crippen LogP contribution is 2.09. The molecule has 1 unspecified atom stereocenters. The molecule has 1 heterocycles. The van der Waals surface area contributed by atoms with E-state index >= 15 is 0 Å². The predicted octanol–water partition coefficient (Wildman–Crippen LogP) is 1.57. The molecule has 0 saturated heterocycles. The highest BCUT2D eigenvalue weighted by atomic mass is 32.1. The third kappa shape index (κ3) is 5.44. The Labute approximate surface area is 104 Å². The molecule has 0 aliphatic carbocycles. The fourth-order valence-corrected chi connectivity index (χ4v) is 2.13. The van der Waals surface area contributed by atoms with Crippen molar-refractivity contribution >= 4 is 23.2 Å². The molecule has 0 spiro atoms. The molecule has 1 aromatic heterocycles. The molecule has 1 amide bonds. The van der Waals surface area contributed by atoms with Gasteiger partial charge in [-0.1, -0.05) is 6.92 Å². The number of thiazole rings is 1. The maximum atomic E-state index is 11.5. The number of hydrogen-bond acceptors (Lipinski definition) is 4. The maximum absolute atomic E-state index is 11.5. The standard InChI is InChI=1S/C11H16N2O3S/c1-7(4-11(15)16)3-9(14)12-5-10-13-8(2)6-17-10/h6-7H,3-5H2,1-2H3,(H,12,14)(H,15,16). The number of carbonyl (C=O) groups is 2. The highest BCUT2D eigenvalue weighted by molar-refractivity contribution is 7.09. The monoisotopic (exact) mass is 256 g/mol. The Morgan fingerprint density at radius 3 is 2.76 bits per heavy atom. The highest BCUT2D eigenvalue weighted by Gasteiger charge is 2.12. The molecule has 1 aromatic rings. The number of nitrogens with one attached hydrogen (secondary N) is 1. The molecular formula is C11H16N2O3S. The summed E-state index contributed by atoms with van der Waals surface area (Å²) in [4.78, 5) is 26.1. The zero-order valence-electron chi connectivity index (χ0n) is 9.90. The zero-order valence-corrected chi connectivity index (χ0v) is 10.7. The molecule has 0 radical (unpaired) electrons. The van der Waals surface area contributed by atoms with Crippen LogP contribution < -0.4 is 5.32 Å². The van der Waals surface area contributed by atoms with Crippen molar-refractivity contribution < 1.29 is 14.7 Å². The fraction of sp³-hybridized carbons (Fsp3) is 0.545. The SMILES string of the molecule is Cc1csc(CNC(=O)CC(C)CC(=O)O)n1. The summed E-state index contributed by atoms with van der Waals surface area (Å²) in [5.41, 5.74) is 0.943. The Balaban J connectivity index is 2.28. The van der Waals surface area contributed by atoms with E-state index in [2.05, 4.69) is 10.3 Å². The van der Waals surface area contributed by atoms with Crippen molar-refractivity contribution in [1.82, 2.24) is 10.3 Å². The lowest BCUT2D eigenvalue weighted by Crippen LogP contribution is -2.25. The molecule has 2 N–H and O–H groups in total. The van der Waals surface area contributed by atoms with E-state index in [1.54, 1.807) is 6.92 Å². The van der Waals surface area contributed by atoms with Crippen molar-refractivity contribution in [3.8, 4) is 0 Å². The van der Waals surface area contributed by atoms with Gasteiger partial charge in [-0.15, -0.1) is 11.3 Å². The number of carboxylic acids is 1. The normalized spacial score (nSPS) is 12.1. The first-order valence-corrected chi connectivity index (χ1v) is 6.25. The number of hydrogen-bond donors (Lipinski definition) is 2. The summed E-state index contributed by atoms with van der Waals surface area (Å²) in [6.07, 6.45) is 0.250. The van der Waals surface area contributed by atoms with Crippen molar-refractivity contribution in [3.63, 3.8) is 0 Å². The first-order chi connectivity index (χ1) is 7.97. The lowest BCUT2D eigenvalue weighted by Gasteiger charge is -2.08.